The largest absolute Gasteiger partial charge is 0.299 e. The number of halogens is 2. The molecule has 3 heteroatoms. The summed E-state index contributed by atoms with van der Waals surface area (Å²) in [5.74, 6) is -3.07. The third-order valence-electron chi connectivity index (χ3n) is 1.54. The van der Waals surface area contributed by atoms with Gasteiger partial charge in [0, 0.05) is 5.56 Å². The summed E-state index contributed by atoms with van der Waals surface area (Å²) in [6.07, 6.45) is 1.71. The van der Waals surface area contributed by atoms with Gasteiger partial charge in [0.05, 0.1) is 0 Å². The summed E-state index contributed by atoms with van der Waals surface area (Å²) < 4.78 is 26.2. The van der Waals surface area contributed by atoms with E-state index >= 15 is 0 Å². The zero-order valence-electron chi connectivity index (χ0n) is 6.78. The highest BCUT2D eigenvalue weighted by Crippen LogP contribution is 2.28. The molecule has 0 fully saturated rings. The predicted octanol–water partition coefficient (Wildman–Crippen LogP) is 2.53. The summed E-state index contributed by atoms with van der Waals surface area (Å²) >= 11 is 0. The minimum Gasteiger partial charge on any atom is -0.299 e. The predicted molar refractivity (Wildman–Crippen MR) is 45.5 cm³/mol. The summed E-state index contributed by atoms with van der Waals surface area (Å²) in [6, 6.07) is 7.34. The lowest BCUT2D eigenvalue weighted by molar-refractivity contribution is -0.104. The van der Waals surface area contributed by atoms with Gasteiger partial charge >= 0.3 is 0 Å². The van der Waals surface area contributed by atoms with Gasteiger partial charge in [-0.2, -0.15) is 8.78 Å². The van der Waals surface area contributed by atoms with Gasteiger partial charge < -0.3 is 0 Å². The van der Waals surface area contributed by atoms with Gasteiger partial charge in [-0.15, -0.1) is 0 Å². The average molecular weight is 182 g/mol. The van der Waals surface area contributed by atoms with Gasteiger partial charge in [0.1, 0.15) is 6.29 Å². The number of hydrogen-bond donors (Lipinski definition) is 0. The fourth-order valence-electron chi connectivity index (χ4n) is 0.917. The van der Waals surface area contributed by atoms with Crippen molar-refractivity contribution in [2.24, 2.45) is 0 Å². The maximum absolute atomic E-state index is 13.1. The quantitative estimate of drug-likeness (QED) is 0.518. The maximum Gasteiger partial charge on any atom is 0.292 e. The molecule has 0 atom stereocenters. The third-order valence-corrected chi connectivity index (χ3v) is 1.54. The average Bonchev–Trinajstić information content (AvgIpc) is 2.16. The van der Waals surface area contributed by atoms with Crippen LogP contribution in [0, 0.1) is 0 Å². The van der Waals surface area contributed by atoms with E-state index in [-0.39, 0.29) is 5.56 Å². The van der Waals surface area contributed by atoms with Gasteiger partial charge in [0.15, 0.2) is 0 Å². The molecule has 0 saturated carbocycles. The van der Waals surface area contributed by atoms with Crippen LogP contribution in [0.1, 0.15) is 5.56 Å². The topological polar surface area (TPSA) is 17.1 Å². The Morgan fingerprint density at radius 1 is 1.15 bits per heavy atom. The Kier molecular flexibility index (Phi) is 2.90. The Morgan fingerprint density at radius 2 is 1.77 bits per heavy atom. The lowest BCUT2D eigenvalue weighted by Crippen LogP contribution is -2.08. The maximum atomic E-state index is 13.1. The van der Waals surface area contributed by atoms with Gasteiger partial charge in [-0.05, 0) is 12.2 Å². The second-order valence-electron chi connectivity index (χ2n) is 2.48. The molecule has 0 heterocycles. The van der Waals surface area contributed by atoms with E-state index in [4.69, 9.17) is 0 Å². The molecule has 1 nitrogen and oxygen atoms in total. The van der Waals surface area contributed by atoms with Crippen molar-refractivity contribution < 1.29 is 13.6 Å². The van der Waals surface area contributed by atoms with E-state index < -0.39 is 5.92 Å². The Bertz CT molecular complexity index is 304. The number of hydrogen-bond acceptors (Lipinski definition) is 1. The molecule has 13 heavy (non-hydrogen) atoms. The summed E-state index contributed by atoms with van der Waals surface area (Å²) in [5, 5.41) is 0. The molecule has 0 aliphatic heterocycles. The molecule has 0 radical (unpaired) electrons. The summed E-state index contributed by atoms with van der Waals surface area (Å²) in [5.41, 5.74) is -0.117. The van der Waals surface area contributed by atoms with Crippen LogP contribution in [0.2, 0.25) is 0 Å². The minimum absolute atomic E-state index is 0.117. The first-order valence-corrected chi connectivity index (χ1v) is 3.73. The standard InChI is InChI=1S/C10H8F2O/c11-10(12,7-4-8-13)9-5-2-1-3-6-9/h1-8H/b7-4+. The highest BCUT2D eigenvalue weighted by molar-refractivity contribution is 5.65. The van der Waals surface area contributed by atoms with Crippen molar-refractivity contribution in [1.82, 2.24) is 0 Å². The lowest BCUT2D eigenvalue weighted by Gasteiger charge is -2.10. The van der Waals surface area contributed by atoms with Crippen LogP contribution < -0.4 is 0 Å². The molecule has 0 aliphatic rings. The van der Waals surface area contributed by atoms with E-state index in [1.165, 1.54) is 24.3 Å². The summed E-state index contributed by atoms with van der Waals surface area (Å²) in [6.45, 7) is 0. The Labute approximate surface area is 74.7 Å². The molecule has 0 bridgehead atoms. The molecule has 0 saturated heterocycles. The van der Waals surface area contributed by atoms with E-state index in [2.05, 4.69) is 0 Å². The van der Waals surface area contributed by atoms with Crippen LogP contribution in [0.3, 0.4) is 0 Å². The van der Waals surface area contributed by atoms with Gasteiger partial charge in [0.2, 0.25) is 0 Å². The zero-order valence-corrected chi connectivity index (χ0v) is 6.78. The highest BCUT2D eigenvalue weighted by Gasteiger charge is 2.26. The normalized spacial score (nSPS) is 11.8. The lowest BCUT2D eigenvalue weighted by atomic mass is 10.1. The van der Waals surface area contributed by atoms with Crippen molar-refractivity contribution in [3.05, 3.63) is 48.0 Å². The smallest absolute Gasteiger partial charge is 0.292 e. The van der Waals surface area contributed by atoms with Crippen molar-refractivity contribution in [2.45, 2.75) is 5.92 Å². The van der Waals surface area contributed by atoms with Crippen LogP contribution in [-0.4, -0.2) is 6.29 Å². The number of carbonyl (C=O) groups excluding carboxylic acids is 1. The van der Waals surface area contributed by atoms with Gasteiger partial charge in [-0.3, -0.25) is 4.79 Å². The molecule has 0 unspecified atom stereocenters. The zero-order chi connectivity index (χ0) is 9.73. The molecule has 68 valence electrons. The van der Waals surface area contributed by atoms with Crippen molar-refractivity contribution in [3.63, 3.8) is 0 Å². The molecule has 0 aromatic heterocycles. The number of aldehydes is 1. The molecular formula is C10H8F2O. The van der Waals surface area contributed by atoms with Gasteiger partial charge in [-0.25, -0.2) is 0 Å². The van der Waals surface area contributed by atoms with Crippen molar-refractivity contribution in [1.29, 1.82) is 0 Å². The molecule has 0 amide bonds. The summed E-state index contributed by atoms with van der Waals surface area (Å²) in [4.78, 5) is 9.86. The molecule has 0 spiro atoms. The molecule has 1 aromatic rings. The van der Waals surface area contributed by atoms with Crippen molar-refractivity contribution >= 4 is 6.29 Å². The van der Waals surface area contributed by atoms with Gasteiger partial charge in [-0.1, -0.05) is 30.3 Å². The number of carbonyl (C=O) groups is 1. The van der Waals surface area contributed by atoms with E-state index in [0.29, 0.717) is 12.4 Å². The van der Waals surface area contributed by atoms with E-state index in [1.807, 2.05) is 0 Å². The molecule has 0 N–H and O–H groups in total. The first-order chi connectivity index (χ1) is 6.17. The van der Waals surface area contributed by atoms with E-state index in [1.54, 1.807) is 6.07 Å². The van der Waals surface area contributed by atoms with Gasteiger partial charge in [0.25, 0.3) is 5.92 Å². The van der Waals surface area contributed by atoms with Crippen molar-refractivity contribution in [2.75, 3.05) is 0 Å². The van der Waals surface area contributed by atoms with Crippen LogP contribution >= 0.6 is 0 Å². The van der Waals surface area contributed by atoms with E-state index in [0.717, 1.165) is 6.08 Å². The monoisotopic (exact) mass is 182 g/mol. The van der Waals surface area contributed by atoms with Crippen molar-refractivity contribution in [3.8, 4) is 0 Å². The van der Waals surface area contributed by atoms with Crippen LogP contribution in [0.4, 0.5) is 8.78 Å². The summed E-state index contributed by atoms with van der Waals surface area (Å²) in [7, 11) is 0. The number of rotatable bonds is 3. The van der Waals surface area contributed by atoms with E-state index in [9.17, 15) is 13.6 Å². The Balaban J connectivity index is 2.93. The first-order valence-electron chi connectivity index (χ1n) is 3.73. The van der Waals surface area contributed by atoms with Crippen LogP contribution in [0.25, 0.3) is 0 Å². The molecule has 0 aliphatic carbocycles. The number of alkyl halides is 2. The molecular weight excluding hydrogens is 174 g/mol. The minimum atomic E-state index is -3.07. The third kappa shape index (κ3) is 2.47. The van der Waals surface area contributed by atoms with Crippen LogP contribution in [0.15, 0.2) is 42.5 Å². The first kappa shape index (κ1) is 9.58. The Morgan fingerprint density at radius 3 is 2.31 bits per heavy atom. The fraction of sp³-hybridized carbons (Fsp3) is 0.100. The van der Waals surface area contributed by atoms with Crippen LogP contribution in [-0.2, 0) is 10.7 Å². The second kappa shape index (κ2) is 3.94. The van der Waals surface area contributed by atoms with Crippen LogP contribution in [0.5, 0.6) is 0 Å². The molecule has 1 rings (SSSR count). The Hall–Kier alpha value is -1.51. The SMILES string of the molecule is O=C/C=C/C(F)(F)c1ccccc1. The molecule has 1 aromatic carbocycles. The highest BCUT2D eigenvalue weighted by atomic mass is 19.3. The number of benzene rings is 1. The fourth-order valence-corrected chi connectivity index (χ4v) is 0.917. The number of allylic oxidation sites excluding steroid dienone is 2. The second-order valence-corrected chi connectivity index (χ2v) is 2.48.